The Morgan fingerprint density at radius 1 is 1.08 bits per heavy atom. The molecule has 2 aromatic rings. The quantitative estimate of drug-likeness (QED) is 0.879. The number of nitrogens with zero attached hydrogens (tertiary/aromatic N) is 2. The standard InChI is InChI=1S/C20H22ClN3O2/c1-13-18-16(3-2-4-17(18)25)22-19(13)20(26)24-11-9-23(10-12-24)15-7-5-14(21)6-8-15/h5-8,22H,2-4,9-12H2,1H3. The number of fused-ring (bicyclic) bond motifs is 1. The number of aromatic amines is 1. The fraction of sp³-hybridized carbons (Fsp3) is 0.400. The van der Waals surface area contributed by atoms with Gasteiger partial charge in [-0.05, 0) is 49.6 Å². The maximum absolute atomic E-state index is 13.0. The third-order valence-electron chi connectivity index (χ3n) is 5.41. The van der Waals surface area contributed by atoms with Crippen LogP contribution in [0.25, 0.3) is 0 Å². The molecule has 2 aliphatic rings. The van der Waals surface area contributed by atoms with E-state index in [1.54, 1.807) is 0 Å². The number of piperazine rings is 1. The summed E-state index contributed by atoms with van der Waals surface area (Å²) in [6.07, 6.45) is 2.29. The summed E-state index contributed by atoms with van der Waals surface area (Å²) in [6, 6.07) is 7.79. The first-order valence-electron chi connectivity index (χ1n) is 9.09. The number of benzene rings is 1. The highest BCUT2D eigenvalue weighted by Crippen LogP contribution is 2.27. The van der Waals surface area contributed by atoms with Crippen LogP contribution in [0.5, 0.6) is 0 Å². The molecule has 0 atom stereocenters. The van der Waals surface area contributed by atoms with E-state index in [0.29, 0.717) is 25.2 Å². The molecule has 4 rings (SSSR count). The fourth-order valence-electron chi connectivity index (χ4n) is 3.97. The Kier molecular flexibility index (Phi) is 4.49. The molecule has 1 saturated heterocycles. The number of amides is 1. The number of halogens is 1. The van der Waals surface area contributed by atoms with Crippen molar-refractivity contribution >= 4 is 29.0 Å². The molecule has 1 aromatic heterocycles. The van der Waals surface area contributed by atoms with Gasteiger partial charge in [-0.3, -0.25) is 9.59 Å². The number of Topliss-reactive ketones (excluding diaryl/α,β-unsaturated/α-hetero) is 1. The third kappa shape index (κ3) is 3.01. The number of hydrogen-bond acceptors (Lipinski definition) is 3. The summed E-state index contributed by atoms with van der Waals surface area (Å²) >= 11 is 5.95. The lowest BCUT2D eigenvalue weighted by Crippen LogP contribution is -2.49. The zero-order valence-corrected chi connectivity index (χ0v) is 15.6. The van der Waals surface area contributed by atoms with Gasteiger partial charge in [0.15, 0.2) is 5.78 Å². The molecule has 0 radical (unpaired) electrons. The predicted molar refractivity (Wildman–Crippen MR) is 102 cm³/mol. The molecule has 1 fully saturated rings. The van der Waals surface area contributed by atoms with E-state index in [1.807, 2.05) is 36.1 Å². The van der Waals surface area contributed by atoms with Crippen molar-refractivity contribution in [3.8, 4) is 0 Å². The highest BCUT2D eigenvalue weighted by Gasteiger charge is 2.29. The summed E-state index contributed by atoms with van der Waals surface area (Å²) in [4.78, 5) is 32.5. The predicted octanol–water partition coefficient (Wildman–Crippen LogP) is 3.46. The van der Waals surface area contributed by atoms with Gasteiger partial charge in [0.1, 0.15) is 5.69 Å². The minimum absolute atomic E-state index is 0.000422. The summed E-state index contributed by atoms with van der Waals surface area (Å²) in [7, 11) is 0. The molecule has 1 N–H and O–H groups in total. The smallest absolute Gasteiger partial charge is 0.270 e. The van der Waals surface area contributed by atoms with Crippen LogP contribution in [0.15, 0.2) is 24.3 Å². The molecule has 5 nitrogen and oxygen atoms in total. The van der Waals surface area contributed by atoms with Gasteiger partial charge in [0, 0.05) is 54.6 Å². The number of rotatable bonds is 2. The molecular weight excluding hydrogens is 350 g/mol. The van der Waals surface area contributed by atoms with Crippen molar-refractivity contribution < 1.29 is 9.59 Å². The van der Waals surface area contributed by atoms with Crippen molar-refractivity contribution in [1.29, 1.82) is 0 Å². The zero-order chi connectivity index (χ0) is 18.3. The van der Waals surface area contributed by atoms with Crippen molar-refractivity contribution in [1.82, 2.24) is 9.88 Å². The maximum Gasteiger partial charge on any atom is 0.270 e. The van der Waals surface area contributed by atoms with Crippen LogP contribution in [0.1, 0.15) is 44.9 Å². The van der Waals surface area contributed by atoms with Crippen LogP contribution in [0.3, 0.4) is 0 Å². The summed E-state index contributed by atoms with van der Waals surface area (Å²) in [6.45, 7) is 4.78. The molecule has 1 aromatic carbocycles. The molecule has 1 amide bonds. The lowest BCUT2D eigenvalue weighted by Gasteiger charge is -2.36. The number of carbonyl (C=O) groups is 2. The van der Waals surface area contributed by atoms with E-state index < -0.39 is 0 Å². The van der Waals surface area contributed by atoms with Gasteiger partial charge in [-0.25, -0.2) is 0 Å². The van der Waals surface area contributed by atoms with E-state index >= 15 is 0 Å². The number of ketones is 1. The van der Waals surface area contributed by atoms with E-state index in [2.05, 4.69) is 9.88 Å². The molecule has 0 bridgehead atoms. The molecule has 1 aliphatic heterocycles. The second kappa shape index (κ2) is 6.80. The normalized spacial score (nSPS) is 17.4. The Morgan fingerprint density at radius 2 is 1.77 bits per heavy atom. The first-order chi connectivity index (χ1) is 12.5. The number of hydrogen-bond donors (Lipinski definition) is 1. The summed E-state index contributed by atoms with van der Waals surface area (Å²) in [5.74, 6) is 0.159. The summed E-state index contributed by atoms with van der Waals surface area (Å²) < 4.78 is 0. The molecule has 0 spiro atoms. The number of H-pyrrole nitrogens is 1. The van der Waals surface area contributed by atoms with Crippen molar-refractivity contribution in [3.05, 3.63) is 51.8 Å². The van der Waals surface area contributed by atoms with Gasteiger partial charge in [0.2, 0.25) is 0 Å². The molecular formula is C20H22ClN3O2. The van der Waals surface area contributed by atoms with Crippen molar-refractivity contribution in [2.45, 2.75) is 26.2 Å². The monoisotopic (exact) mass is 371 g/mol. The number of aromatic nitrogens is 1. The molecule has 1 aliphatic carbocycles. The first-order valence-corrected chi connectivity index (χ1v) is 9.47. The minimum Gasteiger partial charge on any atom is -0.368 e. The van der Waals surface area contributed by atoms with Crippen molar-refractivity contribution in [2.24, 2.45) is 0 Å². The third-order valence-corrected chi connectivity index (χ3v) is 5.66. The van der Waals surface area contributed by atoms with Crippen LogP contribution < -0.4 is 4.90 Å². The van der Waals surface area contributed by atoms with E-state index in [0.717, 1.165) is 53.5 Å². The molecule has 2 heterocycles. The SMILES string of the molecule is Cc1c(C(=O)N2CCN(c3ccc(Cl)cc3)CC2)[nH]c2c1C(=O)CCC2. The molecule has 0 unspecified atom stereocenters. The van der Waals surface area contributed by atoms with Gasteiger partial charge in [-0.1, -0.05) is 11.6 Å². The fourth-order valence-corrected chi connectivity index (χ4v) is 4.09. The first kappa shape index (κ1) is 17.2. The lowest BCUT2D eigenvalue weighted by atomic mass is 9.93. The van der Waals surface area contributed by atoms with E-state index in [4.69, 9.17) is 11.6 Å². The molecule has 0 saturated carbocycles. The topological polar surface area (TPSA) is 56.4 Å². The van der Waals surface area contributed by atoms with Gasteiger partial charge in [0.05, 0.1) is 0 Å². The Hall–Kier alpha value is -2.27. The van der Waals surface area contributed by atoms with Crippen LogP contribution >= 0.6 is 11.6 Å². The van der Waals surface area contributed by atoms with Crippen molar-refractivity contribution in [2.75, 3.05) is 31.1 Å². The minimum atomic E-state index is 0.000422. The summed E-state index contributed by atoms with van der Waals surface area (Å²) in [5, 5.41) is 0.725. The van der Waals surface area contributed by atoms with Crippen molar-refractivity contribution in [3.63, 3.8) is 0 Å². The van der Waals surface area contributed by atoms with E-state index in [9.17, 15) is 9.59 Å². The van der Waals surface area contributed by atoms with Crippen LogP contribution in [-0.2, 0) is 6.42 Å². The van der Waals surface area contributed by atoms with Crippen LogP contribution in [0.4, 0.5) is 5.69 Å². The molecule has 136 valence electrons. The van der Waals surface area contributed by atoms with E-state index in [1.165, 1.54) is 0 Å². The van der Waals surface area contributed by atoms with Crippen LogP contribution in [0, 0.1) is 6.92 Å². The van der Waals surface area contributed by atoms with Gasteiger partial charge in [-0.15, -0.1) is 0 Å². The van der Waals surface area contributed by atoms with Gasteiger partial charge >= 0.3 is 0 Å². The Balaban J connectivity index is 1.47. The number of aryl methyl sites for hydroxylation is 1. The van der Waals surface area contributed by atoms with E-state index in [-0.39, 0.29) is 11.7 Å². The highest BCUT2D eigenvalue weighted by molar-refractivity contribution is 6.30. The van der Waals surface area contributed by atoms with Crippen LogP contribution in [-0.4, -0.2) is 47.8 Å². The van der Waals surface area contributed by atoms with Gasteiger partial charge in [-0.2, -0.15) is 0 Å². The largest absolute Gasteiger partial charge is 0.368 e. The summed E-state index contributed by atoms with van der Waals surface area (Å²) in [5.41, 5.74) is 4.21. The van der Waals surface area contributed by atoms with Gasteiger partial charge in [0.25, 0.3) is 5.91 Å². The van der Waals surface area contributed by atoms with Crippen LogP contribution in [0.2, 0.25) is 5.02 Å². The second-order valence-corrected chi connectivity index (χ2v) is 7.45. The average molecular weight is 372 g/mol. The zero-order valence-electron chi connectivity index (χ0n) is 14.8. The number of carbonyl (C=O) groups excluding carboxylic acids is 2. The lowest BCUT2D eigenvalue weighted by molar-refractivity contribution is 0.0740. The average Bonchev–Trinajstić information content (AvgIpc) is 3.00. The van der Waals surface area contributed by atoms with Gasteiger partial charge < -0.3 is 14.8 Å². The Bertz CT molecular complexity index is 849. The Labute approximate surface area is 157 Å². The Morgan fingerprint density at radius 3 is 2.42 bits per heavy atom. The number of nitrogens with one attached hydrogen (secondary N) is 1. The highest BCUT2D eigenvalue weighted by atomic mass is 35.5. The number of anilines is 1. The maximum atomic E-state index is 13.0. The molecule has 6 heteroatoms. The molecule has 26 heavy (non-hydrogen) atoms. The second-order valence-electron chi connectivity index (χ2n) is 7.01.